The van der Waals surface area contributed by atoms with E-state index in [-0.39, 0.29) is 43.3 Å². The van der Waals surface area contributed by atoms with E-state index in [1.54, 1.807) is 0 Å². The highest BCUT2D eigenvalue weighted by Gasteiger charge is 2.47. The molecule has 4 N–H and O–H groups in total. The second-order valence-electron chi connectivity index (χ2n) is 10.8. The number of rotatable bonds is 5. The summed E-state index contributed by atoms with van der Waals surface area (Å²) in [7, 11) is 0. The molecular weight excluding hydrogens is 523 g/mol. The fourth-order valence-electron chi connectivity index (χ4n) is 5.89. The molecule has 1 aliphatic carbocycles. The molecule has 2 fully saturated rings. The number of amides is 4. The fraction of sp³-hybridized carbons (Fsp3) is 0.481. The lowest BCUT2D eigenvalue weighted by Gasteiger charge is -2.37. The minimum absolute atomic E-state index is 0.00637. The van der Waals surface area contributed by atoms with Crippen molar-refractivity contribution in [3.8, 4) is 5.75 Å². The lowest BCUT2D eigenvalue weighted by atomic mass is 9.77. The van der Waals surface area contributed by atoms with Gasteiger partial charge in [0.2, 0.25) is 11.7 Å². The van der Waals surface area contributed by atoms with E-state index in [0.29, 0.717) is 44.2 Å². The minimum Gasteiger partial charge on any atom is -0.501 e. The van der Waals surface area contributed by atoms with E-state index >= 15 is 0 Å². The Bertz CT molecular complexity index is 1420. The highest BCUT2D eigenvalue weighted by molar-refractivity contribution is 6.35. The van der Waals surface area contributed by atoms with Crippen molar-refractivity contribution >= 4 is 23.6 Å². The number of carbonyl (C=O) groups excluding carboxylic acids is 4. The van der Waals surface area contributed by atoms with E-state index in [1.807, 2.05) is 0 Å². The smallest absolute Gasteiger partial charge is 0.311 e. The molecule has 40 heavy (non-hydrogen) atoms. The van der Waals surface area contributed by atoms with Crippen molar-refractivity contribution in [2.75, 3.05) is 13.1 Å². The van der Waals surface area contributed by atoms with Gasteiger partial charge in [0, 0.05) is 39.1 Å². The van der Waals surface area contributed by atoms with Gasteiger partial charge in [0.05, 0.1) is 5.54 Å². The van der Waals surface area contributed by atoms with E-state index in [4.69, 9.17) is 0 Å². The van der Waals surface area contributed by atoms with Gasteiger partial charge < -0.3 is 26.0 Å². The van der Waals surface area contributed by atoms with Crippen LogP contribution in [0.5, 0.6) is 5.75 Å². The summed E-state index contributed by atoms with van der Waals surface area (Å²) in [5, 5.41) is 18.8. The number of benzene rings is 1. The van der Waals surface area contributed by atoms with Crippen LogP contribution in [0.1, 0.15) is 60.9 Å². The Labute approximate surface area is 229 Å². The highest BCUT2D eigenvalue weighted by Crippen LogP contribution is 2.43. The number of hydrogen-bond donors (Lipinski definition) is 4. The molecule has 0 radical (unpaired) electrons. The molecule has 4 amide bonds. The van der Waals surface area contributed by atoms with Crippen molar-refractivity contribution in [2.45, 2.75) is 63.7 Å². The zero-order chi connectivity index (χ0) is 28.6. The Morgan fingerprint density at radius 1 is 1.10 bits per heavy atom. The largest absolute Gasteiger partial charge is 0.501 e. The van der Waals surface area contributed by atoms with Crippen molar-refractivity contribution in [3.05, 3.63) is 57.5 Å². The zero-order valence-corrected chi connectivity index (χ0v) is 22.0. The van der Waals surface area contributed by atoms with Crippen LogP contribution >= 0.6 is 0 Å². The maximum Gasteiger partial charge on any atom is 0.311 e. The predicted octanol–water partition coefficient (Wildman–Crippen LogP) is 0.270. The second-order valence-corrected chi connectivity index (χ2v) is 10.8. The molecule has 4 heterocycles. The number of hydrogen-bond acceptors (Lipinski definition) is 7. The first-order chi connectivity index (χ1) is 19.1. The topological polar surface area (TPSA) is 163 Å². The number of likely N-dealkylation sites (tertiary alicyclic amines) is 1. The fourth-order valence-corrected chi connectivity index (χ4v) is 5.89. The molecule has 1 saturated carbocycles. The van der Waals surface area contributed by atoms with Crippen molar-refractivity contribution < 1.29 is 28.7 Å². The van der Waals surface area contributed by atoms with Gasteiger partial charge >= 0.3 is 11.8 Å². The monoisotopic (exact) mass is 554 g/mol. The number of fused-ring (bicyclic) bond motifs is 2. The predicted molar refractivity (Wildman–Crippen MR) is 138 cm³/mol. The van der Waals surface area contributed by atoms with Crippen LogP contribution in [0, 0.1) is 11.7 Å². The van der Waals surface area contributed by atoms with E-state index < -0.39 is 46.1 Å². The van der Waals surface area contributed by atoms with Gasteiger partial charge in [-0.2, -0.15) is 0 Å². The molecule has 1 saturated heterocycles. The summed E-state index contributed by atoms with van der Waals surface area (Å²) < 4.78 is 14.5. The summed E-state index contributed by atoms with van der Waals surface area (Å²) in [4.78, 5) is 69.7. The first-order valence-corrected chi connectivity index (χ1v) is 13.3. The third-order valence-electron chi connectivity index (χ3n) is 7.98. The molecule has 2 bridgehead atoms. The van der Waals surface area contributed by atoms with Crippen LogP contribution in [0.2, 0.25) is 0 Å². The molecule has 0 unspecified atom stereocenters. The van der Waals surface area contributed by atoms with Crippen LogP contribution in [-0.4, -0.2) is 62.3 Å². The molecule has 3 aliphatic heterocycles. The SMILES string of the molecule is CC(=O)N[C@@H]1CCN(C(=O)C(=O)NC23CCC(CC2)Cn2c3nc(C(=O)NCc3ccc(F)cc3)c(O)c2=O)C1. The van der Waals surface area contributed by atoms with Crippen molar-refractivity contribution in [1.82, 2.24) is 30.4 Å². The number of nitrogens with one attached hydrogen (secondary N) is 3. The molecule has 6 rings (SSSR count). The normalized spacial score (nSPS) is 23.2. The summed E-state index contributed by atoms with van der Waals surface area (Å²) in [5.41, 5.74) is -1.87. The van der Waals surface area contributed by atoms with Crippen LogP contribution in [0.3, 0.4) is 0 Å². The van der Waals surface area contributed by atoms with Gasteiger partial charge in [-0.25, -0.2) is 9.37 Å². The molecule has 12 nitrogen and oxygen atoms in total. The molecule has 1 atom stereocenters. The van der Waals surface area contributed by atoms with Gasteiger partial charge in [-0.3, -0.25) is 28.5 Å². The summed E-state index contributed by atoms with van der Waals surface area (Å²) >= 11 is 0. The number of aromatic hydroxyl groups is 1. The molecule has 212 valence electrons. The van der Waals surface area contributed by atoms with Crippen molar-refractivity contribution in [3.63, 3.8) is 0 Å². The third-order valence-corrected chi connectivity index (χ3v) is 7.98. The van der Waals surface area contributed by atoms with Crippen LogP contribution in [0.4, 0.5) is 4.39 Å². The van der Waals surface area contributed by atoms with Gasteiger partial charge in [0.15, 0.2) is 5.69 Å². The quantitative estimate of drug-likeness (QED) is 0.386. The van der Waals surface area contributed by atoms with E-state index in [2.05, 4.69) is 20.9 Å². The second kappa shape index (κ2) is 10.7. The molecular formula is C27H31FN6O6. The van der Waals surface area contributed by atoms with Gasteiger partial charge in [-0.15, -0.1) is 0 Å². The van der Waals surface area contributed by atoms with E-state index in [1.165, 1.54) is 40.7 Å². The lowest BCUT2D eigenvalue weighted by Crippen LogP contribution is -2.54. The Morgan fingerprint density at radius 2 is 1.80 bits per heavy atom. The van der Waals surface area contributed by atoms with E-state index in [9.17, 15) is 33.5 Å². The van der Waals surface area contributed by atoms with Crippen molar-refractivity contribution in [1.29, 1.82) is 0 Å². The molecule has 0 spiro atoms. The number of halogens is 1. The lowest BCUT2D eigenvalue weighted by molar-refractivity contribution is -0.146. The average molecular weight is 555 g/mol. The van der Waals surface area contributed by atoms with Gasteiger partial charge in [-0.1, -0.05) is 12.1 Å². The summed E-state index contributed by atoms with van der Waals surface area (Å²) in [6, 6.07) is 5.25. The highest BCUT2D eigenvalue weighted by atomic mass is 19.1. The first kappa shape index (κ1) is 27.3. The first-order valence-electron chi connectivity index (χ1n) is 13.3. The molecule has 1 aromatic carbocycles. The Morgan fingerprint density at radius 3 is 2.48 bits per heavy atom. The molecule has 4 aliphatic rings. The van der Waals surface area contributed by atoms with Crippen LogP contribution < -0.4 is 21.5 Å². The molecule has 13 heteroatoms. The van der Waals surface area contributed by atoms with Gasteiger partial charge in [-0.05, 0) is 55.7 Å². The van der Waals surface area contributed by atoms with Gasteiger partial charge in [0.1, 0.15) is 11.6 Å². The van der Waals surface area contributed by atoms with Crippen LogP contribution in [0.25, 0.3) is 0 Å². The molecule has 2 aromatic rings. The maximum absolute atomic E-state index is 13.2. The maximum atomic E-state index is 13.2. The summed E-state index contributed by atoms with van der Waals surface area (Å²) in [5.74, 6) is -3.63. The minimum atomic E-state index is -1.19. The average Bonchev–Trinajstić information content (AvgIpc) is 3.26. The van der Waals surface area contributed by atoms with Crippen molar-refractivity contribution in [2.24, 2.45) is 5.92 Å². The van der Waals surface area contributed by atoms with Gasteiger partial charge in [0.25, 0.3) is 11.5 Å². The zero-order valence-electron chi connectivity index (χ0n) is 22.0. The standard InChI is InChI=1S/C27H31FN6O6/c1-15(35)30-19-8-11-33(14-19)25(40)23(38)32-27-9-6-17(7-10-27)13-34-24(39)21(36)20(31-26(27)34)22(37)29-12-16-2-4-18(28)5-3-16/h2-5,17,19,36H,6-14H2,1H3,(H,29,37)(H,30,35)(H,32,38)/t17?,19-,27?/m1/s1. The Balaban J connectivity index is 1.40. The third kappa shape index (κ3) is 5.27. The van der Waals surface area contributed by atoms with Crippen LogP contribution in [0.15, 0.2) is 29.1 Å². The number of aromatic nitrogens is 2. The summed E-state index contributed by atoms with van der Waals surface area (Å²) in [6.07, 6.45) is 2.63. The van der Waals surface area contributed by atoms with E-state index in [0.717, 1.165) is 0 Å². The number of carbonyl (C=O) groups is 4. The Kier molecular flexibility index (Phi) is 7.30. The Hall–Kier alpha value is -4.29. The summed E-state index contributed by atoms with van der Waals surface area (Å²) in [6.45, 7) is 2.18. The molecule has 1 aromatic heterocycles. The van der Waals surface area contributed by atoms with Crippen LogP contribution in [-0.2, 0) is 33.0 Å². The number of nitrogens with zero attached hydrogens (tertiary/aromatic N) is 3.